The maximum Gasteiger partial charge on any atom is 0.145 e. The van der Waals surface area contributed by atoms with E-state index in [-0.39, 0.29) is 0 Å². The molecule has 0 saturated heterocycles. The molecule has 0 spiro atoms. The van der Waals surface area contributed by atoms with E-state index < -0.39 is 0 Å². The van der Waals surface area contributed by atoms with Gasteiger partial charge >= 0.3 is 0 Å². The highest BCUT2D eigenvalue weighted by molar-refractivity contribution is 6.18. The van der Waals surface area contributed by atoms with Crippen molar-refractivity contribution in [2.24, 2.45) is 0 Å². The van der Waals surface area contributed by atoms with Crippen LogP contribution in [-0.2, 0) is 0 Å². The Morgan fingerprint density at radius 3 is 1.55 bits per heavy atom. The molecule has 1 aromatic heterocycles. The fourth-order valence-corrected chi connectivity index (χ4v) is 8.72. The van der Waals surface area contributed by atoms with Crippen molar-refractivity contribution < 1.29 is 4.42 Å². The predicted molar refractivity (Wildman–Crippen MR) is 245 cm³/mol. The monoisotopic (exact) mass is 739 g/mol. The average Bonchev–Trinajstić information content (AvgIpc) is 3.70. The number of hydrogen-bond donors (Lipinski definition) is 0. The Bertz CT molecular complexity index is 3290. The summed E-state index contributed by atoms with van der Waals surface area (Å²) in [5.74, 6) is 0. The lowest BCUT2D eigenvalue weighted by Crippen LogP contribution is -2.11. The second-order valence-electron chi connectivity index (χ2n) is 14.9. The molecule has 11 rings (SSSR count). The van der Waals surface area contributed by atoms with Crippen LogP contribution in [-0.4, -0.2) is 0 Å². The third-order valence-corrected chi connectivity index (χ3v) is 11.4. The minimum absolute atomic E-state index is 0.863. The van der Waals surface area contributed by atoms with Crippen molar-refractivity contribution in [3.63, 3.8) is 0 Å². The normalized spacial score (nSPS) is 11.4. The van der Waals surface area contributed by atoms with Crippen LogP contribution in [0.25, 0.3) is 88.0 Å². The van der Waals surface area contributed by atoms with Gasteiger partial charge in [0.15, 0.2) is 0 Å². The zero-order valence-electron chi connectivity index (χ0n) is 31.7. The van der Waals surface area contributed by atoms with E-state index >= 15 is 0 Å². The number of benzene rings is 10. The molecule has 0 unspecified atom stereocenters. The van der Waals surface area contributed by atoms with Crippen molar-refractivity contribution in [1.82, 2.24) is 0 Å². The lowest BCUT2D eigenvalue weighted by atomic mass is 9.95. The van der Waals surface area contributed by atoms with E-state index in [0.29, 0.717) is 0 Å². The Hall–Kier alpha value is -7.68. The van der Waals surface area contributed by atoms with Crippen molar-refractivity contribution in [3.05, 3.63) is 224 Å². The second kappa shape index (κ2) is 14.1. The summed E-state index contributed by atoms with van der Waals surface area (Å²) in [6, 6.07) is 80.6. The Morgan fingerprint density at radius 1 is 0.310 bits per heavy atom. The number of para-hydroxylation sites is 1. The number of anilines is 3. The zero-order chi connectivity index (χ0) is 38.4. The number of fused-ring (bicyclic) bond motifs is 5. The smallest absolute Gasteiger partial charge is 0.145 e. The topological polar surface area (TPSA) is 16.4 Å². The summed E-state index contributed by atoms with van der Waals surface area (Å²) in [5, 5.41) is 7.02. The standard InChI is InChI=1S/C56H37NO/c1-2-15-38(16-3-1)41-21-10-22-42(35-41)43-23-11-25-45(36-43)57(46-26-12-24-44(37-46)49-30-13-19-39-17-4-6-27-47(39)49)53-34-33-51(50-31-14-20-40-18-5-7-28-48(40)50)56-55(53)52-29-8-9-32-54(52)58-56/h1-37H. The molecule has 0 amide bonds. The lowest BCUT2D eigenvalue weighted by Gasteiger charge is -2.28. The van der Waals surface area contributed by atoms with E-state index in [1.807, 2.05) is 0 Å². The van der Waals surface area contributed by atoms with Crippen LogP contribution in [0.3, 0.4) is 0 Å². The number of nitrogens with zero attached hydrogens (tertiary/aromatic N) is 1. The first-order valence-corrected chi connectivity index (χ1v) is 19.8. The first kappa shape index (κ1) is 33.6. The summed E-state index contributed by atoms with van der Waals surface area (Å²) in [6.45, 7) is 0. The third kappa shape index (κ3) is 5.82. The summed E-state index contributed by atoms with van der Waals surface area (Å²) < 4.78 is 6.91. The molecule has 58 heavy (non-hydrogen) atoms. The summed E-state index contributed by atoms with van der Waals surface area (Å²) in [6.07, 6.45) is 0. The molecule has 0 N–H and O–H groups in total. The molecule has 0 aliphatic carbocycles. The molecule has 0 atom stereocenters. The van der Waals surface area contributed by atoms with Gasteiger partial charge in [0.25, 0.3) is 0 Å². The molecule has 11 aromatic rings. The summed E-state index contributed by atoms with van der Waals surface area (Å²) in [5.41, 5.74) is 14.2. The maximum atomic E-state index is 6.91. The van der Waals surface area contributed by atoms with Crippen LogP contribution in [0.2, 0.25) is 0 Å². The molecule has 1 heterocycles. The lowest BCUT2D eigenvalue weighted by molar-refractivity contribution is 0.670. The molecular formula is C56H37NO. The highest BCUT2D eigenvalue weighted by Gasteiger charge is 2.23. The summed E-state index contributed by atoms with van der Waals surface area (Å²) >= 11 is 0. The first-order chi connectivity index (χ1) is 28.8. The molecule has 272 valence electrons. The predicted octanol–water partition coefficient (Wildman–Crippen LogP) is 16.0. The van der Waals surface area contributed by atoms with E-state index in [0.717, 1.165) is 66.8 Å². The largest absolute Gasteiger partial charge is 0.455 e. The zero-order valence-corrected chi connectivity index (χ0v) is 31.7. The minimum atomic E-state index is 0.863. The van der Waals surface area contributed by atoms with Gasteiger partial charge in [0.05, 0.1) is 11.1 Å². The van der Waals surface area contributed by atoms with Crippen molar-refractivity contribution in [1.29, 1.82) is 0 Å². The van der Waals surface area contributed by atoms with Gasteiger partial charge in [0, 0.05) is 22.3 Å². The van der Waals surface area contributed by atoms with E-state index in [4.69, 9.17) is 4.42 Å². The van der Waals surface area contributed by atoms with Crippen LogP contribution in [0, 0.1) is 0 Å². The van der Waals surface area contributed by atoms with Gasteiger partial charge in [-0.15, -0.1) is 0 Å². The van der Waals surface area contributed by atoms with Gasteiger partial charge in [0.1, 0.15) is 11.2 Å². The maximum absolute atomic E-state index is 6.91. The van der Waals surface area contributed by atoms with Crippen LogP contribution in [0.15, 0.2) is 229 Å². The highest BCUT2D eigenvalue weighted by atomic mass is 16.3. The number of hydrogen-bond acceptors (Lipinski definition) is 2. The Morgan fingerprint density at radius 2 is 0.810 bits per heavy atom. The fraction of sp³-hybridized carbons (Fsp3) is 0. The van der Waals surface area contributed by atoms with Gasteiger partial charge in [0.2, 0.25) is 0 Å². The van der Waals surface area contributed by atoms with E-state index in [9.17, 15) is 0 Å². The van der Waals surface area contributed by atoms with Gasteiger partial charge in [-0.25, -0.2) is 0 Å². The van der Waals surface area contributed by atoms with E-state index in [1.165, 1.54) is 38.2 Å². The Labute approximate surface area is 337 Å². The highest BCUT2D eigenvalue weighted by Crippen LogP contribution is 2.48. The van der Waals surface area contributed by atoms with Crippen molar-refractivity contribution in [2.45, 2.75) is 0 Å². The van der Waals surface area contributed by atoms with Crippen LogP contribution in [0.5, 0.6) is 0 Å². The molecule has 0 fully saturated rings. The quantitative estimate of drug-likeness (QED) is 0.162. The third-order valence-electron chi connectivity index (χ3n) is 11.4. The SMILES string of the molecule is c1ccc(-c2cccc(-c3cccc(N(c4cccc(-c5cccc6ccccc56)c4)c4ccc(-c5cccc6ccccc56)c5oc6ccccc6c45)c3)c2)cc1. The minimum Gasteiger partial charge on any atom is -0.455 e. The van der Waals surface area contributed by atoms with Gasteiger partial charge in [-0.05, 0) is 109 Å². The van der Waals surface area contributed by atoms with Crippen molar-refractivity contribution >= 4 is 60.5 Å². The second-order valence-corrected chi connectivity index (χ2v) is 14.9. The molecular weight excluding hydrogens is 703 g/mol. The van der Waals surface area contributed by atoms with E-state index in [2.05, 4.69) is 229 Å². The van der Waals surface area contributed by atoms with E-state index in [1.54, 1.807) is 0 Å². The molecule has 0 aliphatic heterocycles. The first-order valence-electron chi connectivity index (χ1n) is 19.8. The molecule has 2 nitrogen and oxygen atoms in total. The Balaban J connectivity index is 1.16. The summed E-state index contributed by atoms with van der Waals surface area (Å²) in [7, 11) is 0. The van der Waals surface area contributed by atoms with Gasteiger partial charge in [-0.1, -0.05) is 176 Å². The Kier molecular flexibility index (Phi) is 8.19. The molecule has 0 radical (unpaired) electrons. The van der Waals surface area contributed by atoms with Crippen LogP contribution >= 0.6 is 0 Å². The van der Waals surface area contributed by atoms with Gasteiger partial charge in [-0.2, -0.15) is 0 Å². The number of furan rings is 1. The van der Waals surface area contributed by atoms with Crippen molar-refractivity contribution in [3.8, 4) is 44.5 Å². The molecule has 10 aromatic carbocycles. The molecule has 0 saturated carbocycles. The van der Waals surface area contributed by atoms with Gasteiger partial charge < -0.3 is 9.32 Å². The average molecular weight is 740 g/mol. The number of rotatable bonds is 7. The molecule has 0 bridgehead atoms. The molecule has 0 aliphatic rings. The van der Waals surface area contributed by atoms with Gasteiger partial charge in [-0.3, -0.25) is 0 Å². The van der Waals surface area contributed by atoms with Crippen LogP contribution < -0.4 is 4.90 Å². The van der Waals surface area contributed by atoms with Crippen LogP contribution in [0.4, 0.5) is 17.1 Å². The summed E-state index contributed by atoms with van der Waals surface area (Å²) in [4.78, 5) is 2.41. The fourth-order valence-electron chi connectivity index (χ4n) is 8.72. The van der Waals surface area contributed by atoms with Crippen molar-refractivity contribution in [2.75, 3.05) is 4.90 Å². The molecule has 2 heteroatoms. The van der Waals surface area contributed by atoms with Crippen LogP contribution in [0.1, 0.15) is 0 Å².